The second-order valence-corrected chi connectivity index (χ2v) is 10.3. The van der Waals surface area contributed by atoms with Gasteiger partial charge in [0.25, 0.3) is 11.8 Å². The molecule has 0 aliphatic carbocycles. The molecule has 0 atom stereocenters. The number of hydrogen-bond acceptors (Lipinski definition) is 4. The molecule has 1 fully saturated rings. The molecule has 0 saturated carbocycles. The van der Waals surface area contributed by atoms with E-state index in [0.29, 0.717) is 43.1 Å². The molecule has 37 heavy (non-hydrogen) atoms. The number of nitrogens with zero attached hydrogens (tertiary/aromatic N) is 3. The number of amides is 2. The molecule has 1 aromatic heterocycles. The van der Waals surface area contributed by atoms with E-state index in [0.717, 1.165) is 17.3 Å². The molecule has 9 heteroatoms. The number of aromatic nitrogens is 1. The van der Waals surface area contributed by atoms with Crippen molar-refractivity contribution in [3.63, 3.8) is 0 Å². The quantitative estimate of drug-likeness (QED) is 0.396. The summed E-state index contributed by atoms with van der Waals surface area (Å²) in [5, 5.41) is 0.669. The van der Waals surface area contributed by atoms with Crippen LogP contribution in [0, 0.1) is 6.92 Å². The standard InChI is InChI=1S/C28H26F3N3O2S/c1-18-19(7-5-10-21(18)28(29,30)31)25(35)33-15-12-27(13-16-33)17-34(23-11-4-3-9-22(23)27)26(36)20-8-6-14-32-24(20)37-2/h3-11,14H,12-13,15-17H2,1-2H3. The van der Waals surface area contributed by atoms with Crippen molar-refractivity contribution >= 4 is 29.3 Å². The molecule has 192 valence electrons. The lowest BCUT2D eigenvalue weighted by Gasteiger charge is -2.40. The molecule has 0 bridgehead atoms. The zero-order valence-corrected chi connectivity index (χ0v) is 21.3. The average Bonchev–Trinajstić information content (AvgIpc) is 3.21. The van der Waals surface area contributed by atoms with Gasteiger partial charge in [-0.3, -0.25) is 9.59 Å². The number of halogens is 3. The van der Waals surface area contributed by atoms with Gasteiger partial charge < -0.3 is 9.80 Å². The third-order valence-corrected chi connectivity index (χ3v) is 8.26. The van der Waals surface area contributed by atoms with Gasteiger partial charge >= 0.3 is 6.18 Å². The van der Waals surface area contributed by atoms with Crippen molar-refractivity contribution in [3.05, 3.63) is 88.6 Å². The molecule has 1 spiro atoms. The minimum absolute atomic E-state index is 0.0515. The van der Waals surface area contributed by atoms with Crippen LogP contribution in [0.3, 0.4) is 0 Å². The van der Waals surface area contributed by atoms with E-state index in [2.05, 4.69) is 4.98 Å². The van der Waals surface area contributed by atoms with Crippen LogP contribution in [0.2, 0.25) is 0 Å². The molecular formula is C28H26F3N3O2S. The summed E-state index contributed by atoms with van der Waals surface area (Å²) in [5.41, 5.74) is 1.39. The van der Waals surface area contributed by atoms with Crippen LogP contribution in [0.1, 0.15) is 50.2 Å². The molecule has 0 N–H and O–H groups in total. The predicted molar refractivity (Wildman–Crippen MR) is 137 cm³/mol. The highest BCUT2D eigenvalue weighted by Gasteiger charge is 2.47. The normalized spacial score (nSPS) is 16.7. The van der Waals surface area contributed by atoms with Crippen LogP contribution >= 0.6 is 11.8 Å². The maximum Gasteiger partial charge on any atom is 0.416 e. The number of carbonyl (C=O) groups excluding carboxylic acids is 2. The molecule has 2 aliphatic heterocycles. The van der Waals surface area contributed by atoms with Gasteiger partial charge in [0.15, 0.2) is 0 Å². The van der Waals surface area contributed by atoms with Gasteiger partial charge in [-0.05, 0) is 67.5 Å². The first-order valence-corrected chi connectivity index (χ1v) is 13.3. The van der Waals surface area contributed by atoms with Crippen LogP contribution in [-0.4, -0.2) is 47.6 Å². The number of rotatable bonds is 3. The number of benzene rings is 2. The Kier molecular flexibility index (Phi) is 6.52. The number of fused-ring (bicyclic) bond motifs is 2. The highest BCUT2D eigenvalue weighted by molar-refractivity contribution is 7.98. The first kappa shape index (κ1) is 25.3. The number of alkyl halides is 3. The van der Waals surface area contributed by atoms with Crippen molar-refractivity contribution < 1.29 is 22.8 Å². The van der Waals surface area contributed by atoms with E-state index in [1.54, 1.807) is 28.1 Å². The van der Waals surface area contributed by atoms with Gasteiger partial charge in [-0.2, -0.15) is 13.2 Å². The van der Waals surface area contributed by atoms with Crippen molar-refractivity contribution in [1.82, 2.24) is 9.88 Å². The zero-order chi connectivity index (χ0) is 26.4. The first-order valence-electron chi connectivity index (χ1n) is 12.0. The van der Waals surface area contributed by atoms with Crippen LogP contribution in [-0.2, 0) is 11.6 Å². The van der Waals surface area contributed by atoms with Gasteiger partial charge in [0.05, 0.1) is 11.1 Å². The number of thioether (sulfide) groups is 1. The fourth-order valence-electron chi connectivity index (χ4n) is 5.58. The van der Waals surface area contributed by atoms with Gasteiger partial charge in [0.2, 0.25) is 0 Å². The van der Waals surface area contributed by atoms with Crippen molar-refractivity contribution in [2.75, 3.05) is 30.8 Å². The Bertz CT molecular complexity index is 1370. The van der Waals surface area contributed by atoms with Gasteiger partial charge in [0.1, 0.15) is 5.03 Å². The third-order valence-electron chi connectivity index (χ3n) is 7.54. The van der Waals surface area contributed by atoms with Gasteiger partial charge in [-0.1, -0.05) is 24.3 Å². The first-order chi connectivity index (χ1) is 17.7. The maximum atomic E-state index is 13.6. The summed E-state index contributed by atoms with van der Waals surface area (Å²) in [6.07, 6.45) is 0.262. The minimum Gasteiger partial charge on any atom is -0.339 e. The summed E-state index contributed by atoms with van der Waals surface area (Å²) in [4.78, 5) is 34.7. The van der Waals surface area contributed by atoms with E-state index < -0.39 is 17.6 Å². The summed E-state index contributed by atoms with van der Waals surface area (Å²) in [6, 6.07) is 15.1. The Balaban J connectivity index is 1.39. The van der Waals surface area contributed by atoms with Crippen LogP contribution in [0.25, 0.3) is 0 Å². The summed E-state index contributed by atoms with van der Waals surface area (Å²) in [5.74, 6) is -0.502. The van der Waals surface area contributed by atoms with E-state index in [9.17, 15) is 22.8 Å². The van der Waals surface area contributed by atoms with E-state index in [1.807, 2.05) is 30.5 Å². The summed E-state index contributed by atoms with van der Waals surface area (Å²) >= 11 is 1.42. The van der Waals surface area contributed by atoms with E-state index in [-0.39, 0.29) is 22.4 Å². The highest BCUT2D eigenvalue weighted by atomic mass is 32.2. The molecule has 2 aromatic carbocycles. The van der Waals surface area contributed by atoms with Crippen LogP contribution in [0.4, 0.5) is 18.9 Å². The monoisotopic (exact) mass is 525 g/mol. The Hall–Kier alpha value is -3.33. The van der Waals surface area contributed by atoms with Crippen molar-refractivity contribution in [3.8, 4) is 0 Å². The lowest BCUT2D eigenvalue weighted by molar-refractivity contribution is -0.138. The Morgan fingerprint density at radius 2 is 1.65 bits per heavy atom. The van der Waals surface area contributed by atoms with Crippen molar-refractivity contribution in [2.24, 2.45) is 0 Å². The number of pyridine rings is 1. The molecule has 1 saturated heterocycles. The molecule has 0 unspecified atom stereocenters. The van der Waals surface area contributed by atoms with Crippen LogP contribution in [0.15, 0.2) is 65.8 Å². The zero-order valence-electron chi connectivity index (χ0n) is 20.5. The molecule has 3 heterocycles. The summed E-state index contributed by atoms with van der Waals surface area (Å²) in [6.45, 7) is 2.62. The maximum absolute atomic E-state index is 13.6. The van der Waals surface area contributed by atoms with E-state index in [1.165, 1.54) is 30.8 Å². The van der Waals surface area contributed by atoms with Crippen molar-refractivity contribution in [1.29, 1.82) is 0 Å². The Morgan fingerprint density at radius 1 is 0.946 bits per heavy atom. The molecule has 2 aliphatic rings. The predicted octanol–water partition coefficient (Wildman–Crippen LogP) is 5.97. The van der Waals surface area contributed by atoms with E-state index >= 15 is 0 Å². The fraction of sp³-hybridized carbons (Fsp3) is 0.321. The molecular weight excluding hydrogens is 499 g/mol. The number of para-hydroxylation sites is 1. The van der Waals surface area contributed by atoms with Gasteiger partial charge in [0, 0.05) is 42.5 Å². The Morgan fingerprint density at radius 3 is 2.35 bits per heavy atom. The van der Waals surface area contributed by atoms with Crippen molar-refractivity contribution in [2.45, 2.75) is 36.4 Å². The lowest BCUT2D eigenvalue weighted by Crippen LogP contribution is -2.48. The van der Waals surface area contributed by atoms with E-state index in [4.69, 9.17) is 0 Å². The number of carbonyl (C=O) groups is 2. The molecule has 3 aromatic rings. The molecule has 2 amide bonds. The largest absolute Gasteiger partial charge is 0.416 e. The highest BCUT2D eigenvalue weighted by Crippen LogP contribution is 2.48. The van der Waals surface area contributed by atoms with Gasteiger partial charge in [-0.15, -0.1) is 11.8 Å². The number of anilines is 1. The third kappa shape index (κ3) is 4.39. The molecule has 0 radical (unpaired) electrons. The topological polar surface area (TPSA) is 53.5 Å². The minimum atomic E-state index is -4.51. The summed E-state index contributed by atoms with van der Waals surface area (Å²) < 4.78 is 40.2. The summed E-state index contributed by atoms with van der Waals surface area (Å²) in [7, 11) is 0. The number of piperidine rings is 1. The fourth-order valence-corrected chi connectivity index (χ4v) is 6.12. The smallest absolute Gasteiger partial charge is 0.339 e. The molecule has 5 rings (SSSR count). The van der Waals surface area contributed by atoms with Crippen LogP contribution < -0.4 is 4.90 Å². The van der Waals surface area contributed by atoms with Crippen LogP contribution in [0.5, 0.6) is 0 Å². The second-order valence-electron chi connectivity index (χ2n) is 9.52. The lowest BCUT2D eigenvalue weighted by atomic mass is 9.74. The molecule has 5 nitrogen and oxygen atoms in total. The average molecular weight is 526 g/mol. The number of hydrogen-bond donors (Lipinski definition) is 0. The SMILES string of the molecule is CSc1ncccc1C(=O)N1CC2(CCN(C(=O)c3cccc(C(F)(F)F)c3C)CC2)c2ccccc21. The second kappa shape index (κ2) is 9.52. The Labute approximate surface area is 217 Å². The number of likely N-dealkylation sites (tertiary alicyclic amines) is 1. The van der Waals surface area contributed by atoms with Gasteiger partial charge in [-0.25, -0.2) is 4.98 Å².